The fraction of sp³-hybridized carbons (Fsp3) is 0.143. The van der Waals surface area contributed by atoms with Crippen LogP contribution in [0.3, 0.4) is 0 Å². The molecule has 0 heterocycles. The van der Waals surface area contributed by atoms with Crippen molar-refractivity contribution in [3.05, 3.63) is 72.8 Å². The van der Waals surface area contributed by atoms with Crippen LogP contribution in [0.4, 0.5) is 17.1 Å². The van der Waals surface area contributed by atoms with Gasteiger partial charge in [-0.1, -0.05) is 0 Å². The molecule has 10 nitrogen and oxygen atoms in total. The van der Waals surface area contributed by atoms with E-state index in [1.807, 2.05) is 0 Å². The van der Waals surface area contributed by atoms with Gasteiger partial charge in [0.15, 0.2) is 0 Å². The van der Waals surface area contributed by atoms with Gasteiger partial charge in [0, 0.05) is 17.1 Å². The van der Waals surface area contributed by atoms with Crippen LogP contribution in [-0.4, -0.2) is 35.5 Å². The highest BCUT2D eigenvalue weighted by molar-refractivity contribution is 7.49. The Kier molecular flexibility index (Phi) is 8.18. The lowest BCUT2D eigenvalue weighted by atomic mass is 10.3. The van der Waals surface area contributed by atoms with Crippen LogP contribution in [0.2, 0.25) is 0 Å². The molecule has 0 atom stereocenters. The Morgan fingerprint density at radius 2 is 0.781 bits per heavy atom. The van der Waals surface area contributed by atoms with Gasteiger partial charge in [0.1, 0.15) is 37.4 Å². The Bertz CT molecular complexity index is 883. The van der Waals surface area contributed by atoms with Gasteiger partial charge in [-0.3, -0.25) is 0 Å². The topological polar surface area (TPSA) is 142 Å². The first-order chi connectivity index (χ1) is 15.5. The molecule has 3 rings (SSSR count). The molecule has 0 bridgehead atoms. The number of benzene rings is 3. The average molecular weight is 461 g/mol. The molecule has 0 saturated heterocycles. The third-order valence-electron chi connectivity index (χ3n) is 4.06. The molecule has 0 amide bonds. The summed E-state index contributed by atoms with van der Waals surface area (Å²) in [7, 11) is -4.19. The second-order valence-corrected chi connectivity index (χ2v) is 7.74. The molecule has 0 fully saturated rings. The Balaban J connectivity index is 1.82. The summed E-state index contributed by atoms with van der Waals surface area (Å²) >= 11 is 0. The zero-order valence-electron chi connectivity index (χ0n) is 17.0. The van der Waals surface area contributed by atoms with E-state index in [9.17, 15) is 4.57 Å². The third-order valence-corrected chi connectivity index (χ3v) is 5.37. The molecule has 0 aromatic heterocycles. The summed E-state index contributed by atoms with van der Waals surface area (Å²) in [5.41, 5.74) is 1.95. The normalized spacial score (nSPS) is 10.8. The average Bonchev–Trinajstić information content (AvgIpc) is 2.78. The zero-order valence-corrected chi connectivity index (χ0v) is 17.9. The Morgan fingerprint density at radius 3 is 1.00 bits per heavy atom. The quantitative estimate of drug-likeness (QED) is 0.175. The number of rotatable bonds is 12. The van der Waals surface area contributed by atoms with E-state index in [0.29, 0.717) is 17.1 Å². The van der Waals surface area contributed by atoms with Crippen LogP contribution >= 0.6 is 7.82 Å². The molecule has 6 N–H and O–H groups in total. The predicted octanol–water partition coefficient (Wildman–Crippen LogP) is 3.42. The molecular formula is C21H24N3O7P. The van der Waals surface area contributed by atoms with Crippen molar-refractivity contribution in [3.63, 3.8) is 0 Å². The molecule has 3 aromatic rings. The van der Waals surface area contributed by atoms with Crippen molar-refractivity contribution in [1.29, 1.82) is 0 Å². The number of hydrogen-bond donors (Lipinski definition) is 6. The Hall–Kier alpha value is -3.43. The lowest BCUT2D eigenvalue weighted by Crippen LogP contribution is -2.08. The summed E-state index contributed by atoms with van der Waals surface area (Å²) in [5.74, 6) is 0.692. The van der Waals surface area contributed by atoms with E-state index < -0.39 is 7.82 Å². The van der Waals surface area contributed by atoms with Gasteiger partial charge in [0.25, 0.3) is 0 Å². The van der Waals surface area contributed by atoms with Crippen LogP contribution in [0.25, 0.3) is 0 Å². The number of phosphoric ester groups is 1. The fourth-order valence-corrected chi connectivity index (χ4v) is 3.87. The van der Waals surface area contributed by atoms with Crippen LogP contribution in [0.5, 0.6) is 17.2 Å². The summed E-state index contributed by atoms with van der Waals surface area (Å²) in [4.78, 5) is 0. The molecule has 11 heteroatoms. The largest absolute Gasteiger partial charge is 0.647 e. The molecule has 0 radical (unpaired) electrons. The van der Waals surface area contributed by atoms with Gasteiger partial charge in [-0.15, -0.1) is 0 Å². The highest BCUT2D eigenvalue weighted by Gasteiger charge is 2.33. The van der Waals surface area contributed by atoms with Gasteiger partial charge < -0.3 is 44.8 Å². The maximum atomic E-state index is 13.5. The van der Waals surface area contributed by atoms with Crippen LogP contribution in [-0.2, 0) is 4.57 Å². The van der Waals surface area contributed by atoms with Crippen molar-refractivity contribution in [2.24, 2.45) is 0 Å². The predicted molar refractivity (Wildman–Crippen MR) is 121 cm³/mol. The van der Waals surface area contributed by atoms with Crippen molar-refractivity contribution in [1.82, 2.24) is 0 Å². The molecule has 0 aliphatic heterocycles. The minimum atomic E-state index is -4.19. The molecule has 170 valence electrons. The van der Waals surface area contributed by atoms with E-state index in [-0.39, 0.29) is 37.4 Å². The van der Waals surface area contributed by atoms with Crippen molar-refractivity contribution >= 4 is 24.9 Å². The van der Waals surface area contributed by atoms with E-state index >= 15 is 0 Å². The maximum Gasteiger partial charge on any atom is 0.647 e. The first-order valence-electron chi connectivity index (χ1n) is 9.57. The van der Waals surface area contributed by atoms with Crippen molar-refractivity contribution in [2.75, 3.05) is 36.1 Å². The number of aliphatic hydroxyl groups is 3. The minimum absolute atomic E-state index is 0.229. The summed E-state index contributed by atoms with van der Waals surface area (Å²) < 4.78 is 30.3. The molecular weight excluding hydrogens is 437 g/mol. The van der Waals surface area contributed by atoms with Gasteiger partial charge in [0.05, 0.1) is 0 Å². The van der Waals surface area contributed by atoms with Gasteiger partial charge in [-0.2, -0.15) is 4.57 Å². The van der Waals surface area contributed by atoms with Gasteiger partial charge in [0.2, 0.25) is 0 Å². The van der Waals surface area contributed by atoms with E-state index in [1.165, 1.54) is 0 Å². The minimum Gasteiger partial charge on any atom is -0.386 e. The molecule has 0 aliphatic carbocycles. The SMILES string of the molecule is O=P(Oc1ccc(NCO)cc1)(Oc1ccc(NCO)cc1)Oc1ccc(NCO)cc1. The van der Waals surface area contributed by atoms with E-state index in [2.05, 4.69) is 16.0 Å². The Morgan fingerprint density at radius 1 is 0.531 bits per heavy atom. The molecule has 32 heavy (non-hydrogen) atoms. The third kappa shape index (κ3) is 6.79. The summed E-state index contributed by atoms with van der Waals surface area (Å²) in [5, 5.41) is 35.0. The monoisotopic (exact) mass is 461 g/mol. The highest BCUT2D eigenvalue weighted by Crippen LogP contribution is 2.50. The van der Waals surface area contributed by atoms with Gasteiger partial charge in [-0.05, 0) is 72.8 Å². The van der Waals surface area contributed by atoms with Crippen LogP contribution < -0.4 is 29.5 Å². The highest BCUT2D eigenvalue weighted by atomic mass is 31.2. The molecule has 0 aliphatic rings. The van der Waals surface area contributed by atoms with Gasteiger partial charge >= 0.3 is 7.82 Å². The van der Waals surface area contributed by atoms with Crippen LogP contribution in [0.15, 0.2) is 72.8 Å². The molecule has 0 unspecified atom stereocenters. The van der Waals surface area contributed by atoms with Crippen molar-refractivity contribution in [2.45, 2.75) is 0 Å². The fourth-order valence-electron chi connectivity index (χ4n) is 2.62. The van der Waals surface area contributed by atoms with Crippen LogP contribution in [0.1, 0.15) is 0 Å². The summed E-state index contributed by atoms with van der Waals surface area (Å²) in [6.07, 6.45) is 0. The first-order valence-corrected chi connectivity index (χ1v) is 11.0. The van der Waals surface area contributed by atoms with E-state index in [0.717, 1.165) is 0 Å². The second kappa shape index (κ2) is 11.3. The molecule has 0 saturated carbocycles. The molecule has 0 spiro atoms. The summed E-state index contributed by atoms with van der Waals surface area (Å²) in [6, 6.07) is 19.2. The number of hydrogen-bond acceptors (Lipinski definition) is 10. The smallest absolute Gasteiger partial charge is 0.386 e. The number of aliphatic hydroxyl groups excluding tert-OH is 3. The first kappa shape index (κ1) is 23.2. The lowest BCUT2D eigenvalue weighted by Gasteiger charge is -2.20. The van der Waals surface area contributed by atoms with Crippen molar-refractivity contribution in [3.8, 4) is 17.2 Å². The number of anilines is 3. The lowest BCUT2D eigenvalue weighted by molar-refractivity contribution is 0.298. The van der Waals surface area contributed by atoms with E-state index in [1.54, 1.807) is 72.8 Å². The number of nitrogens with one attached hydrogen (secondary N) is 3. The van der Waals surface area contributed by atoms with Gasteiger partial charge in [-0.25, -0.2) is 0 Å². The van der Waals surface area contributed by atoms with Crippen molar-refractivity contribution < 1.29 is 33.5 Å². The molecule has 3 aromatic carbocycles. The van der Waals surface area contributed by atoms with Crippen LogP contribution in [0, 0.1) is 0 Å². The zero-order chi connectivity index (χ0) is 22.8. The second-order valence-electron chi connectivity index (χ2n) is 6.30. The number of phosphoric acid groups is 1. The Labute approximate surface area is 185 Å². The maximum absolute atomic E-state index is 13.5. The summed E-state index contributed by atoms with van der Waals surface area (Å²) in [6.45, 7) is -0.687. The standard InChI is InChI=1S/C21H24N3O7P/c25-13-22-16-1-7-19(8-2-16)29-32(28,30-20-9-3-17(4-10-20)23-14-26)31-21-11-5-18(6-12-21)24-15-27/h1-12,22-27H,13-15H2. The van der Waals surface area contributed by atoms with E-state index in [4.69, 9.17) is 28.9 Å².